The van der Waals surface area contributed by atoms with Gasteiger partial charge in [0.25, 0.3) is 0 Å². The molecule has 0 spiro atoms. The molecule has 1 aromatic carbocycles. The van der Waals surface area contributed by atoms with Gasteiger partial charge in [-0.05, 0) is 18.2 Å². The van der Waals surface area contributed by atoms with Crippen molar-refractivity contribution in [1.82, 2.24) is 29.7 Å². The van der Waals surface area contributed by atoms with E-state index in [4.69, 9.17) is 10.00 Å². The van der Waals surface area contributed by atoms with Gasteiger partial charge in [0.2, 0.25) is 5.88 Å². The van der Waals surface area contributed by atoms with E-state index in [1.807, 2.05) is 6.07 Å². The molecule has 0 aliphatic carbocycles. The zero-order valence-corrected chi connectivity index (χ0v) is 15.1. The lowest BCUT2D eigenvalue weighted by molar-refractivity contribution is -0.274. The molecule has 9 nitrogen and oxygen atoms in total. The second kappa shape index (κ2) is 7.28. The number of hydrogen-bond acceptors (Lipinski definition) is 8. The maximum Gasteiger partial charge on any atom is 0.573 e. The molecule has 0 N–H and O–H groups in total. The highest BCUT2D eigenvalue weighted by atomic mass is 19.4. The predicted octanol–water partition coefficient (Wildman–Crippen LogP) is 3.05. The Morgan fingerprint density at radius 2 is 1.90 bits per heavy atom. The lowest BCUT2D eigenvalue weighted by atomic mass is 10.3. The lowest BCUT2D eigenvalue weighted by Crippen LogP contribution is -2.17. The lowest BCUT2D eigenvalue weighted by Gasteiger charge is -2.09. The third-order valence-electron chi connectivity index (χ3n) is 3.92. The van der Waals surface area contributed by atoms with E-state index in [1.54, 1.807) is 16.7 Å². The average Bonchev–Trinajstić information content (AvgIpc) is 3.11. The normalized spacial score (nSPS) is 11.3. The predicted molar refractivity (Wildman–Crippen MR) is 95.6 cm³/mol. The molecular weight excluding hydrogens is 403 g/mol. The third-order valence-corrected chi connectivity index (χ3v) is 3.92. The zero-order valence-electron chi connectivity index (χ0n) is 15.1. The molecule has 3 heterocycles. The second-order valence-corrected chi connectivity index (χ2v) is 5.80. The van der Waals surface area contributed by atoms with E-state index in [2.05, 4.69) is 29.9 Å². The Bertz CT molecular complexity index is 1250. The van der Waals surface area contributed by atoms with E-state index < -0.39 is 12.1 Å². The summed E-state index contributed by atoms with van der Waals surface area (Å²) in [4.78, 5) is 12.5. The van der Waals surface area contributed by atoms with Gasteiger partial charge in [0.05, 0.1) is 30.5 Å². The van der Waals surface area contributed by atoms with E-state index in [1.165, 1.54) is 31.6 Å². The molecule has 0 saturated carbocycles. The monoisotopic (exact) mass is 413 g/mol. The molecule has 0 unspecified atom stereocenters. The molecule has 30 heavy (non-hydrogen) atoms. The van der Waals surface area contributed by atoms with Gasteiger partial charge in [-0.1, -0.05) is 0 Å². The van der Waals surface area contributed by atoms with Gasteiger partial charge in [-0.15, -0.1) is 23.4 Å². The van der Waals surface area contributed by atoms with Crippen molar-refractivity contribution in [3.8, 4) is 35.0 Å². The summed E-state index contributed by atoms with van der Waals surface area (Å²) in [6.07, 6.45) is -2.24. The van der Waals surface area contributed by atoms with Crippen LogP contribution in [0.4, 0.5) is 13.2 Å². The Labute approximate surface area is 166 Å². The summed E-state index contributed by atoms with van der Waals surface area (Å²) in [6.45, 7) is 0. The highest BCUT2D eigenvalue weighted by Crippen LogP contribution is 2.31. The van der Waals surface area contributed by atoms with Crippen LogP contribution in [0.25, 0.3) is 28.4 Å². The summed E-state index contributed by atoms with van der Waals surface area (Å²) in [5.41, 5.74) is 1.02. The maximum atomic E-state index is 12.6. The van der Waals surface area contributed by atoms with Crippen molar-refractivity contribution < 1.29 is 22.6 Å². The molecule has 0 aliphatic heterocycles. The van der Waals surface area contributed by atoms with E-state index >= 15 is 0 Å². The Hall–Kier alpha value is -4.27. The van der Waals surface area contributed by atoms with Gasteiger partial charge in [-0.3, -0.25) is 4.57 Å². The van der Waals surface area contributed by atoms with Crippen LogP contribution in [0, 0.1) is 11.3 Å². The van der Waals surface area contributed by atoms with Crippen molar-refractivity contribution in [2.75, 3.05) is 7.11 Å². The molecule has 0 fully saturated rings. The van der Waals surface area contributed by atoms with Crippen molar-refractivity contribution >= 4 is 11.0 Å². The van der Waals surface area contributed by atoms with Gasteiger partial charge in [0, 0.05) is 12.1 Å². The minimum atomic E-state index is -4.83. The number of alkyl halides is 3. The van der Waals surface area contributed by atoms with Crippen LogP contribution in [0.15, 0.2) is 42.7 Å². The first-order chi connectivity index (χ1) is 14.4. The summed E-state index contributed by atoms with van der Waals surface area (Å²) in [7, 11) is 1.44. The van der Waals surface area contributed by atoms with Crippen molar-refractivity contribution in [1.29, 1.82) is 5.26 Å². The second-order valence-electron chi connectivity index (χ2n) is 5.80. The number of methoxy groups -OCH3 is 1. The quantitative estimate of drug-likeness (QED) is 0.502. The molecule has 4 rings (SSSR count). The number of nitriles is 1. The number of halogens is 3. The van der Waals surface area contributed by atoms with Crippen LogP contribution in [-0.4, -0.2) is 43.2 Å². The number of aromatic nitrogens is 6. The van der Waals surface area contributed by atoms with Gasteiger partial charge in [-0.25, -0.2) is 15.0 Å². The molecular formula is C18H10F3N7O2. The first kappa shape index (κ1) is 19.1. The molecule has 0 atom stereocenters. The molecule has 0 saturated heterocycles. The minimum Gasteiger partial charge on any atom is -0.480 e. The Kier molecular flexibility index (Phi) is 4.63. The van der Waals surface area contributed by atoms with Crippen molar-refractivity contribution in [2.24, 2.45) is 0 Å². The van der Waals surface area contributed by atoms with E-state index in [9.17, 15) is 13.2 Å². The molecule has 0 bridgehead atoms. The van der Waals surface area contributed by atoms with Crippen LogP contribution in [0.2, 0.25) is 0 Å². The summed E-state index contributed by atoms with van der Waals surface area (Å²) < 4.78 is 48.3. The first-order valence-electron chi connectivity index (χ1n) is 8.27. The Morgan fingerprint density at radius 1 is 1.07 bits per heavy atom. The SMILES string of the molecule is COc1ccc(-n2c(-c3cnc(C#N)cn3)nc3cc(OC(F)(F)F)ccc32)nn1. The number of fused-ring (bicyclic) bond motifs is 1. The molecule has 0 radical (unpaired) electrons. The van der Waals surface area contributed by atoms with Crippen LogP contribution in [-0.2, 0) is 0 Å². The van der Waals surface area contributed by atoms with Crippen molar-refractivity contribution in [2.45, 2.75) is 6.36 Å². The number of nitrogens with zero attached hydrogens (tertiary/aromatic N) is 7. The van der Waals surface area contributed by atoms with Crippen LogP contribution in [0.3, 0.4) is 0 Å². The van der Waals surface area contributed by atoms with Crippen molar-refractivity contribution in [3.63, 3.8) is 0 Å². The maximum absolute atomic E-state index is 12.6. The highest BCUT2D eigenvalue weighted by molar-refractivity contribution is 5.83. The average molecular weight is 413 g/mol. The Balaban J connectivity index is 1.91. The number of imidazole rings is 1. The highest BCUT2D eigenvalue weighted by Gasteiger charge is 2.31. The van der Waals surface area contributed by atoms with E-state index in [0.717, 1.165) is 6.07 Å². The molecule has 150 valence electrons. The van der Waals surface area contributed by atoms with Crippen LogP contribution in [0.1, 0.15) is 5.69 Å². The van der Waals surface area contributed by atoms with Crippen molar-refractivity contribution in [3.05, 3.63) is 48.4 Å². The number of benzene rings is 1. The van der Waals surface area contributed by atoms with Gasteiger partial charge >= 0.3 is 6.36 Å². The van der Waals surface area contributed by atoms with Gasteiger partial charge in [0.15, 0.2) is 17.3 Å². The standard InChI is InChI=1S/C18H10F3N7O2/c1-29-16-5-4-15(26-27-16)28-14-3-2-11(30-18(19,20)21)6-12(14)25-17(28)13-9-23-10(7-22)8-24-13/h2-6,8-9H,1H3. The molecule has 4 aromatic rings. The summed E-state index contributed by atoms with van der Waals surface area (Å²) >= 11 is 0. The summed E-state index contributed by atoms with van der Waals surface area (Å²) in [5.74, 6) is 0.427. The van der Waals surface area contributed by atoms with E-state index in [-0.39, 0.29) is 28.6 Å². The smallest absolute Gasteiger partial charge is 0.480 e. The molecule has 12 heteroatoms. The van der Waals surface area contributed by atoms with E-state index in [0.29, 0.717) is 11.3 Å². The summed E-state index contributed by atoms with van der Waals surface area (Å²) in [6, 6.07) is 8.77. The minimum absolute atomic E-state index is 0.103. The van der Waals surface area contributed by atoms with Gasteiger partial charge in [-0.2, -0.15) is 5.26 Å². The Morgan fingerprint density at radius 3 is 2.50 bits per heavy atom. The van der Waals surface area contributed by atoms with Crippen LogP contribution >= 0.6 is 0 Å². The first-order valence-corrected chi connectivity index (χ1v) is 8.27. The number of rotatable bonds is 4. The zero-order chi connectivity index (χ0) is 21.3. The number of ether oxygens (including phenoxy) is 2. The number of hydrogen-bond donors (Lipinski definition) is 0. The topological polar surface area (TPSA) is 112 Å². The fourth-order valence-corrected chi connectivity index (χ4v) is 2.70. The van der Waals surface area contributed by atoms with Crippen LogP contribution < -0.4 is 9.47 Å². The third kappa shape index (κ3) is 3.68. The summed E-state index contributed by atoms with van der Waals surface area (Å²) in [5, 5.41) is 16.9. The fraction of sp³-hybridized carbons (Fsp3) is 0.111. The molecule has 0 amide bonds. The molecule has 0 aliphatic rings. The van der Waals surface area contributed by atoms with Gasteiger partial charge < -0.3 is 9.47 Å². The fourth-order valence-electron chi connectivity index (χ4n) is 2.70. The largest absolute Gasteiger partial charge is 0.573 e. The van der Waals surface area contributed by atoms with Gasteiger partial charge in [0.1, 0.15) is 17.5 Å². The molecule has 3 aromatic heterocycles. The van der Waals surface area contributed by atoms with Crippen LogP contribution in [0.5, 0.6) is 11.6 Å².